The van der Waals surface area contributed by atoms with Gasteiger partial charge in [0.1, 0.15) is 0 Å². The van der Waals surface area contributed by atoms with Crippen molar-refractivity contribution in [1.82, 2.24) is 0 Å². The lowest BCUT2D eigenvalue weighted by Gasteiger charge is -2.22. The Bertz CT molecular complexity index is 1200. The van der Waals surface area contributed by atoms with E-state index >= 15 is 0 Å². The molecule has 148 valence electrons. The molecule has 0 atom stereocenters. The van der Waals surface area contributed by atoms with Crippen LogP contribution in [0.25, 0.3) is 10.8 Å². The smallest absolute Gasteiger partial charge is 0.209 e. The first kappa shape index (κ1) is 18.7. The van der Waals surface area contributed by atoms with E-state index in [1.165, 1.54) is 50.0 Å². The summed E-state index contributed by atoms with van der Waals surface area (Å²) in [5, 5.41) is 2.59. The fourth-order valence-electron chi connectivity index (χ4n) is 4.63. The minimum absolute atomic E-state index is 0.806. The van der Waals surface area contributed by atoms with E-state index in [4.69, 9.17) is 0 Å². The number of para-hydroxylation sites is 2. The molecule has 2 radical (unpaired) electrons. The highest BCUT2D eigenvalue weighted by Gasteiger charge is 2.28. The molecule has 0 aromatic heterocycles. The number of nitrogens with zero attached hydrogens (tertiary/aromatic N) is 2. The van der Waals surface area contributed by atoms with Crippen LogP contribution in [0, 0.1) is 27.4 Å². The molecule has 0 saturated heterocycles. The van der Waals surface area contributed by atoms with Gasteiger partial charge in [0.2, 0.25) is 6.67 Å². The molecule has 4 aromatic rings. The third-order valence-corrected chi connectivity index (χ3v) is 6.07. The minimum atomic E-state index is 0.806. The predicted molar refractivity (Wildman–Crippen MR) is 127 cm³/mol. The first-order valence-corrected chi connectivity index (χ1v) is 10.5. The van der Waals surface area contributed by atoms with Crippen LogP contribution < -0.4 is 9.80 Å². The molecule has 1 heterocycles. The SMILES string of the molecule is Cc1cc(C)c(CN2[C]N(Cc3cccc4ccccc34)c3ccccc32)c(C)c1. The van der Waals surface area contributed by atoms with Crippen molar-refractivity contribution in [2.45, 2.75) is 33.9 Å². The third kappa shape index (κ3) is 3.33. The Hall–Kier alpha value is -3.26. The van der Waals surface area contributed by atoms with Crippen molar-refractivity contribution >= 4 is 22.1 Å². The Morgan fingerprint density at radius 2 is 1.27 bits per heavy atom. The second-order valence-corrected chi connectivity index (χ2v) is 8.28. The molecule has 0 saturated carbocycles. The Labute approximate surface area is 179 Å². The van der Waals surface area contributed by atoms with Gasteiger partial charge in [0.25, 0.3) is 0 Å². The zero-order valence-corrected chi connectivity index (χ0v) is 17.8. The number of aryl methyl sites for hydroxylation is 3. The van der Waals surface area contributed by atoms with E-state index in [1.807, 2.05) is 0 Å². The highest BCUT2D eigenvalue weighted by atomic mass is 15.4. The summed E-state index contributed by atoms with van der Waals surface area (Å²) in [5.74, 6) is 0. The van der Waals surface area contributed by atoms with Crippen molar-refractivity contribution in [3.05, 3.63) is 113 Å². The Balaban J connectivity index is 1.48. The zero-order valence-electron chi connectivity index (χ0n) is 17.8. The van der Waals surface area contributed by atoms with Crippen LogP contribution in [0.2, 0.25) is 0 Å². The summed E-state index contributed by atoms with van der Waals surface area (Å²) < 4.78 is 0. The molecule has 1 aliphatic rings. The van der Waals surface area contributed by atoms with Gasteiger partial charge in [-0.25, -0.2) is 0 Å². The number of rotatable bonds is 4. The lowest BCUT2D eigenvalue weighted by molar-refractivity contribution is 0.844. The van der Waals surface area contributed by atoms with Gasteiger partial charge < -0.3 is 9.80 Å². The van der Waals surface area contributed by atoms with Gasteiger partial charge in [-0.1, -0.05) is 72.3 Å². The average Bonchev–Trinajstić information content (AvgIpc) is 3.08. The standard InChI is InChI=1S/C28H26N2/c1-20-15-21(2)26(22(3)16-20)18-30-19-29(27-13-6-7-14-28(27)30)17-24-11-8-10-23-9-4-5-12-25(23)24/h4-16H,17-18H2,1-3H3. The van der Waals surface area contributed by atoms with Gasteiger partial charge in [-0.15, -0.1) is 0 Å². The highest BCUT2D eigenvalue weighted by molar-refractivity contribution is 5.86. The second-order valence-electron chi connectivity index (χ2n) is 8.28. The second kappa shape index (κ2) is 7.53. The van der Waals surface area contributed by atoms with E-state index in [0.29, 0.717) is 0 Å². The molecule has 0 bridgehead atoms. The van der Waals surface area contributed by atoms with Gasteiger partial charge in [-0.2, -0.15) is 0 Å². The van der Waals surface area contributed by atoms with Crippen molar-refractivity contribution in [2.75, 3.05) is 9.80 Å². The summed E-state index contributed by atoms with van der Waals surface area (Å²) >= 11 is 0. The predicted octanol–water partition coefficient (Wildman–Crippen LogP) is 6.79. The van der Waals surface area contributed by atoms with E-state index in [1.54, 1.807) is 0 Å². The molecule has 2 nitrogen and oxygen atoms in total. The van der Waals surface area contributed by atoms with E-state index in [-0.39, 0.29) is 0 Å². The van der Waals surface area contributed by atoms with Crippen LogP contribution in [0.1, 0.15) is 27.8 Å². The van der Waals surface area contributed by atoms with Crippen molar-refractivity contribution in [3.63, 3.8) is 0 Å². The third-order valence-electron chi connectivity index (χ3n) is 6.07. The molecule has 0 fully saturated rings. The normalized spacial score (nSPS) is 13.2. The van der Waals surface area contributed by atoms with Crippen LogP contribution in [0.5, 0.6) is 0 Å². The maximum atomic E-state index is 3.65. The van der Waals surface area contributed by atoms with E-state index in [0.717, 1.165) is 13.1 Å². The summed E-state index contributed by atoms with van der Waals surface area (Å²) in [6.45, 7) is 11.9. The van der Waals surface area contributed by atoms with Crippen LogP contribution in [-0.4, -0.2) is 0 Å². The molecule has 2 heteroatoms. The first-order chi connectivity index (χ1) is 14.6. The number of hydrogen-bond donors (Lipinski definition) is 0. The lowest BCUT2D eigenvalue weighted by atomic mass is 9.99. The first-order valence-electron chi connectivity index (χ1n) is 10.5. The molecular formula is C28H26N2. The molecule has 4 aromatic carbocycles. The zero-order chi connectivity index (χ0) is 20.7. The molecule has 5 rings (SSSR count). The van der Waals surface area contributed by atoms with Gasteiger partial charge in [0.15, 0.2) is 0 Å². The Morgan fingerprint density at radius 3 is 2.00 bits per heavy atom. The lowest BCUT2D eigenvalue weighted by Crippen LogP contribution is -2.25. The van der Waals surface area contributed by atoms with Crippen molar-refractivity contribution < 1.29 is 0 Å². The van der Waals surface area contributed by atoms with Crippen LogP contribution >= 0.6 is 0 Å². The van der Waals surface area contributed by atoms with Crippen molar-refractivity contribution in [2.24, 2.45) is 0 Å². The Morgan fingerprint density at radius 1 is 0.667 bits per heavy atom. The largest absolute Gasteiger partial charge is 0.335 e. The molecule has 0 unspecified atom stereocenters. The monoisotopic (exact) mass is 390 g/mol. The van der Waals surface area contributed by atoms with Gasteiger partial charge in [0.05, 0.1) is 11.4 Å². The highest BCUT2D eigenvalue weighted by Crippen LogP contribution is 2.40. The number of benzene rings is 4. The van der Waals surface area contributed by atoms with E-state index in [2.05, 4.69) is 116 Å². The summed E-state index contributed by atoms with van der Waals surface area (Å²) in [5.41, 5.74) is 9.15. The fourth-order valence-corrected chi connectivity index (χ4v) is 4.63. The van der Waals surface area contributed by atoms with Crippen LogP contribution in [0.3, 0.4) is 0 Å². The minimum Gasteiger partial charge on any atom is -0.335 e. The van der Waals surface area contributed by atoms with E-state index < -0.39 is 0 Å². The molecule has 30 heavy (non-hydrogen) atoms. The van der Waals surface area contributed by atoms with Gasteiger partial charge in [-0.3, -0.25) is 0 Å². The molecule has 1 aliphatic heterocycles. The van der Waals surface area contributed by atoms with Crippen molar-refractivity contribution in [3.8, 4) is 0 Å². The average molecular weight is 391 g/mol. The van der Waals surface area contributed by atoms with Crippen LogP contribution in [0.15, 0.2) is 78.9 Å². The van der Waals surface area contributed by atoms with Crippen molar-refractivity contribution in [1.29, 1.82) is 0 Å². The van der Waals surface area contributed by atoms with Gasteiger partial charge in [0, 0.05) is 13.1 Å². The molecule has 0 N–H and O–H groups in total. The summed E-state index contributed by atoms with van der Waals surface area (Å²) in [4.78, 5) is 4.53. The van der Waals surface area contributed by atoms with Gasteiger partial charge in [-0.05, 0) is 65.9 Å². The fraction of sp³-hybridized carbons (Fsp3) is 0.179. The summed E-state index contributed by atoms with van der Waals surface area (Å²) in [6, 6.07) is 28.3. The molecule has 0 aliphatic carbocycles. The van der Waals surface area contributed by atoms with Crippen LogP contribution in [-0.2, 0) is 13.1 Å². The topological polar surface area (TPSA) is 6.48 Å². The number of fused-ring (bicyclic) bond motifs is 2. The van der Waals surface area contributed by atoms with Crippen LogP contribution in [0.4, 0.5) is 11.4 Å². The van der Waals surface area contributed by atoms with Gasteiger partial charge >= 0.3 is 0 Å². The maximum Gasteiger partial charge on any atom is 0.209 e. The summed E-state index contributed by atoms with van der Waals surface area (Å²) in [6.07, 6.45) is 0. The quantitative estimate of drug-likeness (QED) is 0.378. The van der Waals surface area contributed by atoms with E-state index in [9.17, 15) is 0 Å². The number of hydrogen-bond acceptors (Lipinski definition) is 2. The maximum absolute atomic E-state index is 3.65. The Kier molecular flexibility index (Phi) is 4.71. The molecular weight excluding hydrogens is 364 g/mol. The number of anilines is 2. The molecule has 0 spiro atoms. The molecule has 0 amide bonds. The summed E-state index contributed by atoms with van der Waals surface area (Å²) in [7, 11) is 0.